The molecule has 0 radical (unpaired) electrons. The van der Waals surface area contributed by atoms with Gasteiger partial charge in [0, 0.05) is 50.7 Å². The highest BCUT2D eigenvalue weighted by molar-refractivity contribution is 7.15. The van der Waals surface area contributed by atoms with Gasteiger partial charge in [0.1, 0.15) is 12.2 Å². The van der Waals surface area contributed by atoms with Crippen LogP contribution >= 0.6 is 11.3 Å². The number of nitrogens with zero attached hydrogens (tertiary/aromatic N) is 7. The largest absolute Gasteiger partial charge is 0.337 e. The monoisotopic (exact) mass is 413 g/mol. The summed E-state index contributed by atoms with van der Waals surface area (Å²) in [4.78, 5) is 23.3. The number of rotatable bonds is 4. The second-order valence-electron chi connectivity index (χ2n) is 8.19. The van der Waals surface area contributed by atoms with Crippen LogP contribution in [0.3, 0.4) is 0 Å². The summed E-state index contributed by atoms with van der Waals surface area (Å²) < 4.78 is 4.13. The smallest absolute Gasteiger partial charge is 0.274 e. The van der Waals surface area contributed by atoms with E-state index in [1.54, 1.807) is 17.7 Å². The molecule has 29 heavy (non-hydrogen) atoms. The van der Waals surface area contributed by atoms with Gasteiger partial charge in [0.15, 0.2) is 10.7 Å². The number of thiazole rings is 1. The molecule has 0 bridgehead atoms. The van der Waals surface area contributed by atoms with E-state index in [1.165, 1.54) is 6.42 Å². The Kier molecular flexibility index (Phi) is 5.09. The highest BCUT2D eigenvalue weighted by atomic mass is 32.1. The second-order valence-corrected chi connectivity index (χ2v) is 9.06. The van der Waals surface area contributed by atoms with E-state index in [0.717, 1.165) is 74.9 Å². The first-order valence-corrected chi connectivity index (χ1v) is 11.4. The number of carbonyl (C=O) groups is 1. The Morgan fingerprint density at radius 3 is 2.86 bits per heavy atom. The van der Waals surface area contributed by atoms with Crippen LogP contribution in [0.4, 0.5) is 0 Å². The van der Waals surface area contributed by atoms with Crippen LogP contribution in [0.25, 0.3) is 4.96 Å². The molecule has 0 saturated carbocycles. The summed E-state index contributed by atoms with van der Waals surface area (Å²) in [6.45, 7) is 4.40. The number of hydrogen-bond acceptors (Lipinski definition) is 6. The van der Waals surface area contributed by atoms with Crippen LogP contribution < -0.4 is 0 Å². The van der Waals surface area contributed by atoms with Crippen molar-refractivity contribution in [1.82, 2.24) is 33.9 Å². The third-order valence-corrected chi connectivity index (χ3v) is 6.95. The highest BCUT2D eigenvalue weighted by Crippen LogP contribution is 2.28. The van der Waals surface area contributed by atoms with Crippen LogP contribution in [0.1, 0.15) is 60.0 Å². The van der Waals surface area contributed by atoms with Gasteiger partial charge < -0.3 is 9.47 Å². The summed E-state index contributed by atoms with van der Waals surface area (Å²) in [5.74, 6) is 1.52. The minimum absolute atomic E-state index is 0.0949. The maximum atomic E-state index is 13.2. The molecule has 0 aromatic carbocycles. The standard InChI is InChI=1S/C20H27N7OS/c1-24-14-21-23-18(24)15-6-5-7-25(12-15)13-16-17(22-20-27(16)10-11-29-20)19(28)26-8-3-2-4-9-26/h10-11,14-15H,2-9,12-13H2,1H3. The molecule has 2 aliphatic heterocycles. The molecule has 9 heteroatoms. The van der Waals surface area contributed by atoms with Crippen LogP contribution in [0, 0.1) is 0 Å². The third kappa shape index (κ3) is 3.57. The lowest BCUT2D eigenvalue weighted by atomic mass is 9.97. The number of aromatic nitrogens is 5. The van der Waals surface area contributed by atoms with E-state index in [2.05, 4.69) is 19.5 Å². The topological polar surface area (TPSA) is 71.6 Å². The van der Waals surface area contributed by atoms with Crippen molar-refractivity contribution in [2.45, 2.75) is 44.6 Å². The van der Waals surface area contributed by atoms with E-state index >= 15 is 0 Å². The van der Waals surface area contributed by atoms with Crippen molar-refractivity contribution in [2.24, 2.45) is 7.05 Å². The maximum Gasteiger partial charge on any atom is 0.274 e. The zero-order valence-corrected chi connectivity index (χ0v) is 17.6. The SMILES string of the molecule is Cn1cnnc1C1CCCN(Cc2c(C(=O)N3CCCCC3)nc3sccn23)C1. The zero-order chi connectivity index (χ0) is 19.8. The van der Waals surface area contributed by atoms with Gasteiger partial charge >= 0.3 is 0 Å². The predicted molar refractivity (Wildman–Crippen MR) is 111 cm³/mol. The van der Waals surface area contributed by atoms with Crippen molar-refractivity contribution in [1.29, 1.82) is 0 Å². The summed E-state index contributed by atoms with van der Waals surface area (Å²) in [5.41, 5.74) is 1.66. The predicted octanol–water partition coefficient (Wildman–Crippen LogP) is 2.53. The van der Waals surface area contributed by atoms with E-state index in [0.29, 0.717) is 11.6 Å². The fraction of sp³-hybridized carbons (Fsp3) is 0.600. The number of hydrogen-bond donors (Lipinski definition) is 0. The molecule has 1 atom stereocenters. The summed E-state index contributed by atoms with van der Waals surface area (Å²) >= 11 is 1.59. The molecular formula is C20H27N7OS. The molecule has 1 unspecified atom stereocenters. The molecule has 0 N–H and O–H groups in total. The Morgan fingerprint density at radius 2 is 2.07 bits per heavy atom. The Labute approximate surface area is 174 Å². The van der Waals surface area contributed by atoms with Gasteiger partial charge in [0.2, 0.25) is 0 Å². The molecule has 2 saturated heterocycles. The van der Waals surface area contributed by atoms with E-state index in [-0.39, 0.29) is 5.91 Å². The molecule has 154 valence electrons. The van der Waals surface area contributed by atoms with Crippen molar-refractivity contribution in [2.75, 3.05) is 26.2 Å². The lowest BCUT2D eigenvalue weighted by molar-refractivity contribution is 0.0716. The lowest BCUT2D eigenvalue weighted by Crippen LogP contribution is -2.38. The minimum Gasteiger partial charge on any atom is -0.337 e. The van der Waals surface area contributed by atoms with Crippen LogP contribution in [0.15, 0.2) is 17.9 Å². The lowest BCUT2D eigenvalue weighted by Gasteiger charge is -2.32. The molecule has 3 aromatic heterocycles. The second kappa shape index (κ2) is 7.87. The number of imidazole rings is 1. The molecule has 2 aliphatic rings. The van der Waals surface area contributed by atoms with Gasteiger partial charge in [-0.25, -0.2) is 4.98 Å². The Balaban J connectivity index is 1.40. The molecular weight excluding hydrogens is 386 g/mol. The quantitative estimate of drug-likeness (QED) is 0.657. The fourth-order valence-corrected chi connectivity index (χ4v) is 5.42. The first-order chi connectivity index (χ1) is 14.2. The summed E-state index contributed by atoms with van der Waals surface area (Å²) in [6.07, 6.45) is 9.46. The third-order valence-electron chi connectivity index (χ3n) is 6.20. The molecule has 5 rings (SSSR count). The molecule has 1 amide bonds. The van der Waals surface area contributed by atoms with Crippen molar-refractivity contribution < 1.29 is 4.79 Å². The molecule has 0 spiro atoms. The normalized spacial score (nSPS) is 21.1. The number of fused-ring (bicyclic) bond motifs is 1. The Morgan fingerprint density at radius 1 is 1.21 bits per heavy atom. The summed E-state index contributed by atoms with van der Waals surface area (Å²) in [5, 5.41) is 10.4. The van der Waals surface area contributed by atoms with Gasteiger partial charge in [-0.3, -0.25) is 14.1 Å². The molecule has 2 fully saturated rings. The number of amides is 1. The minimum atomic E-state index is 0.0949. The van der Waals surface area contributed by atoms with Crippen LogP contribution in [-0.4, -0.2) is 66.0 Å². The van der Waals surface area contributed by atoms with E-state index in [1.807, 2.05) is 28.1 Å². The van der Waals surface area contributed by atoms with Crippen LogP contribution in [0.5, 0.6) is 0 Å². The summed E-state index contributed by atoms with van der Waals surface area (Å²) in [6, 6.07) is 0. The van der Waals surface area contributed by atoms with Gasteiger partial charge in [-0.15, -0.1) is 21.5 Å². The van der Waals surface area contributed by atoms with Crippen molar-refractivity contribution in [3.63, 3.8) is 0 Å². The molecule has 3 aromatic rings. The number of piperidine rings is 2. The fourth-order valence-electron chi connectivity index (χ4n) is 4.69. The van der Waals surface area contributed by atoms with Gasteiger partial charge in [0.25, 0.3) is 5.91 Å². The van der Waals surface area contributed by atoms with Gasteiger partial charge in [-0.2, -0.15) is 0 Å². The molecule has 8 nitrogen and oxygen atoms in total. The molecule has 5 heterocycles. The van der Waals surface area contributed by atoms with Gasteiger partial charge in [-0.1, -0.05) is 0 Å². The van der Waals surface area contributed by atoms with Crippen molar-refractivity contribution >= 4 is 22.2 Å². The summed E-state index contributed by atoms with van der Waals surface area (Å²) in [7, 11) is 2.01. The zero-order valence-electron chi connectivity index (χ0n) is 16.8. The first kappa shape index (κ1) is 18.7. The average molecular weight is 414 g/mol. The van der Waals surface area contributed by atoms with E-state index < -0.39 is 0 Å². The van der Waals surface area contributed by atoms with Crippen LogP contribution in [-0.2, 0) is 13.6 Å². The Bertz CT molecular complexity index is 1000. The Hall–Kier alpha value is -2.26. The maximum absolute atomic E-state index is 13.2. The van der Waals surface area contributed by atoms with Gasteiger partial charge in [0.05, 0.1) is 5.69 Å². The highest BCUT2D eigenvalue weighted by Gasteiger charge is 2.29. The van der Waals surface area contributed by atoms with Crippen molar-refractivity contribution in [3.05, 3.63) is 35.1 Å². The van der Waals surface area contributed by atoms with E-state index in [9.17, 15) is 4.79 Å². The first-order valence-electron chi connectivity index (χ1n) is 10.5. The number of likely N-dealkylation sites (tertiary alicyclic amines) is 2. The molecule has 0 aliphatic carbocycles. The average Bonchev–Trinajstić information content (AvgIpc) is 3.46. The van der Waals surface area contributed by atoms with Gasteiger partial charge in [-0.05, 0) is 38.6 Å². The van der Waals surface area contributed by atoms with Crippen LogP contribution in [0.2, 0.25) is 0 Å². The number of carbonyl (C=O) groups excluding carboxylic acids is 1. The number of aryl methyl sites for hydroxylation is 1. The van der Waals surface area contributed by atoms with E-state index in [4.69, 9.17) is 4.98 Å². The van der Waals surface area contributed by atoms with Crippen molar-refractivity contribution in [3.8, 4) is 0 Å².